The van der Waals surface area contributed by atoms with Crippen LogP contribution in [0.1, 0.15) is 12.8 Å². The van der Waals surface area contributed by atoms with Crippen LogP contribution in [0.3, 0.4) is 0 Å². The fourth-order valence-electron chi connectivity index (χ4n) is 2.37. The Hall–Kier alpha value is -1.15. The molecule has 7 heteroatoms. The van der Waals surface area contributed by atoms with Crippen molar-refractivity contribution >= 4 is 15.7 Å². The van der Waals surface area contributed by atoms with Crippen LogP contribution in [-0.2, 0) is 14.8 Å². The molecule has 0 amide bonds. The Morgan fingerprint density at radius 3 is 2.29 bits per heavy atom. The second-order valence-corrected chi connectivity index (χ2v) is 7.69. The van der Waals surface area contributed by atoms with Crippen molar-refractivity contribution in [2.75, 3.05) is 39.2 Å². The number of benzene rings is 1. The van der Waals surface area contributed by atoms with Crippen molar-refractivity contribution in [3.05, 3.63) is 24.3 Å². The largest absolute Gasteiger partial charge is 0.381 e. The maximum absolute atomic E-state index is 12.0. The molecule has 0 unspecified atom stereocenters. The minimum Gasteiger partial charge on any atom is -0.381 e. The van der Waals surface area contributed by atoms with Gasteiger partial charge in [0, 0.05) is 39.5 Å². The molecule has 1 aromatic carbocycles. The molecule has 118 valence electrons. The van der Waals surface area contributed by atoms with E-state index in [2.05, 4.69) is 5.32 Å². The van der Waals surface area contributed by atoms with Crippen LogP contribution < -0.4 is 11.1 Å². The van der Waals surface area contributed by atoms with Crippen LogP contribution in [0.4, 0.5) is 5.69 Å². The van der Waals surface area contributed by atoms with Crippen LogP contribution in [0.25, 0.3) is 0 Å². The lowest BCUT2D eigenvalue weighted by atomic mass is 9.90. The Bertz CT molecular complexity index is 564. The second-order valence-electron chi connectivity index (χ2n) is 5.53. The zero-order valence-electron chi connectivity index (χ0n) is 12.5. The van der Waals surface area contributed by atoms with Gasteiger partial charge in [-0.2, -0.15) is 0 Å². The number of hydrogen-bond donors (Lipinski definition) is 2. The van der Waals surface area contributed by atoms with Gasteiger partial charge >= 0.3 is 0 Å². The molecular weight excluding hydrogens is 290 g/mol. The summed E-state index contributed by atoms with van der Waals surface area (Å²) in [5.41, 5.74) is 6.61. The van der Waals surface area contributed by atoms with E-state index in [9.17, 15) is 8.42 Å². The topological polar surface area (TPSA) is 84.7 Å². The van der Waals surface area contributed by atoms with Gasteiger partial charge in [-0.05, 0) is 37.1 Å². The molecule has 1 fully saturated rings. The van der Waals surface area contributed by atoms with E-state index < -0.39 is 10.0 Å². The summed E-state index contributed by atoms with van der Waals surface area (Å²) < 4.78 is 30.6. The molecule has 0 aromatic heterocycles. The molecule has 0 bridgehead atoms. The highest BCUT2D eigenvalue weighted by molar-refractivity contribution is 7.89. The molecule has 21 heavy (non-hydrogen) atoms. The predicted octanol–water partition coefficient (Wildman–Crippen LogP) is 0.857. The molecule has 0 spiro atoms. The maximum Gasteiger partial charge on any atom is 0.242 e. The summed E-state index contributed by atoms with van der Waals surface area (Å²) in [5, 5.41) is 3.44. The zero-order valence-corrected chi connectivity index (χ0v) is 13.3. The normalized spacial score (nSPS) is 18.7. The number of hydrogen-bond acceptors (Lipinski definition) is 5. The fraction of sp³-hybridized carbons (Fsp3) is 0.571. The Labute approximate surface area is 126 Å². The molecule has 0 radical (unpaired) electrons. The molecule has 6 nitrogen and oxygen atoms in total. The lowest BCUT2D eigenvalue weighted by Crippen LogP contribution is -2.49. The van der Waals surface area contributed by atoms with E-state index in [4.69, 9.17) is 10.5 Å². The molecule has 1 aromatic rings. The monoisotopic (exact) mass is 313 g/mol. The van der Waals surface area contributed by atoms with E-state index >= 15 is 0 Å². The van der Waals surface area contributed by atoms with E-state index in [0.29, 0.717) is 19.8 Å². The van der Waals surface area contributed by atoms with Gasteiger partial charge in [0.2, 0.25) is 10.0 Å². The lowest BCUT2D eigenvalue weighted by Gasteiger charge is -2.38. The third kappa shape index (κ3) is 3.55. The first-order chi connectivity index (χ1) is 9.89. The summed E-state index contributed by atoms with van der Waals surface area (Å²) in [5.74, 6) is 0. The Morgan fingerprint density at radius 2 is 1.81 bits per heavy atom. The van der Waals surface area contributed by atoms with Gasteiger partial charge < -0.3 is 15.8 Å². The predicted molar refractivity (Wildman–Crippen MR) is 82.8 cm³/mol. The van der Waals surface area contributed by atoms with Gasteiger partial charge in [0.1, 0.15) is 0 Å². The highest BCUT2D eigenvalue weighted by atomic mass is 32.2. The quantitative estimate of drug-likeness (QED) is 0.842. The maximum atomic E-state index is 12.0. The number of nitrogens with zero attached hydrogens (tertiary/aromatic N) is 1. The Kier molecular flexibility index (Phi) is 4.88. The van der Waals surface area contributed by atoms with E-state index in [1.807, 2.05) is 0 Å². The van der Waals surface area contributed by atoms with E-state index in [1.54, 1.807) is 24.3 Å². The van der Waals surface area contributed by atoms with Crippen molar-refractivity contribution < 1.29 is 13.2 Å². The van der Waals surface area contributed by atoms with Gasteiger partial charge in [0.05, 0.1) is 10.4 Å². The average molecular weight is 313 g/mol. The molecule has 1 aliphatic heterocycles. The van der Waals surface area contributed by atoms with E-state index in [1.165, 1.54) is 18.4 Å². The lowest BCUT2D eigenvalue weighted by molar-refractivity contribution is 0.0628. The van der Waals surface area contributed by atoms with Gasteiger partial charge in [-0.1, -0.05) is 0 Å². The molecule has 0 saturated carbocycles. The highest BCUT2D eigenvalue weighted by Crippen LogP contribution is 2.26. The van der Waals surface area contributed by atoms with Crippen molar-refractivity contribution in [3.8, 4) is 0 Å². The van der Waals surface area contributed by atoms with Crippen LogP contribution in [0.5, 0.6) is 0 Å². The summed E-state index contributed by atoms with van der Waals surface area (Å²) in [6.07, 6.45) is 1.70. The van der Waals surface area contributed by atoms with Crippen LogP contribution in [0.15, 0.2) is 29.2 Å². The minimum atomic E-state index is -3.39. The van der Waals surface area contributed by atoms with E-state index in [-0.39, 0.29) is 10.4 Å². The minimum absolute atomic E-state index is 0.166. The fourth-order valence-corrected chi connectivity index (χ4v) is 3.27. The number of ether oxygens (including phenoxy) is 1. The van der Waals surface area contributed by atoms with Crippen LogP contribution in [0, 0.1) is 0 Å². The first kappa shape index (κ1) is 16.2. The standard InChI is InChI=1S/C14H23N3O3S/c1-17(2)21(18,19)13-5-3-12(4-6-13)16-14(11-15)7-9-20-10-8-14/h3-6,16H,7-11,15H2,1-2H3. The Morgan fingerprint density at radius 1 is 1.24 bits per heavy atom. The number of anilines is 1. The summed E-state index contributed by atoms with van der Waals surface area (Å²) in [7, 11) is -0.345. The summed E-state index contributed by atoms with van der Waals surface area (Å²) in [6, 6.07) is 6.79. The molecule has 1 aliphatic rings. The van der Waals surface area contributed by atoms with Crippen molar-refractivity contribution in [2.45, 2.75) is 23.3 Å². The van der Waals surface area contributed by atoms with Gasteiger partial charge in [-0.25, -0.2) is 12.7 Å². The SMILES string of the molecule is CN(C)S(=O)(=O)c1ccc(NC2(CN)CCOCC2)cc1. The number of sulfonamides is 1. The van der Waals surface area contributed by atoms with Gasteiger partial charge in [-0.15, -0.1) is 0 Å². The molecular formula is C14H23N3O3S. The van der Waals surface area contributed by atoms with Gasteiger partial charge in [0.25, 0.3) is 0 Å². The Balaban J connectivity index is 2.16. The van der Waals surface area contributed by atoms with Gasteiger partial charge in [-0.3, -0.25) is 0 Å². The van der Waals surface area contributed by atoms with Gasteiger partial charge in [0.15, 0.2) is 0 Å². The molecule has 0 atom stereocenters. The van der Waals surface area contributed by atoms with Crippen LogP contribution in [0.2, 0.25) is 0 Å². The zero-order chi connectivity index (χ0) is 15.5. The van der Waals surface area contributed by atoms with Crippen molar-refractivity contribution in [1.82, 2.24) is 4.31 Å². The smallest absolute Gasteiger partial charge is 0.242 e. The van der Waals surface area contributed by atoms with Crippen molar-refractivity contribution in [1.29, 1.82) is 0 Å². The van der Waals surface area contributed by atoms with Crippen LogP contribution >= 0.6 is 0 Å². The summed E-state index contributed by atoms with van der Waals surface area (Å²) in [6.45, 7) is 1.91. The average Bonchev–Trinajstić information content (AvgIpc) is 2.48. The third-order valence-corrected chi connectivity index (χ3v) is 5.71. The first-order valence-electron chi connectivity index (χ1n) is 6.98. The number of rotatable bonds is 5. The van der Waals surface area contributed by atoms with Crippen LogP contribution in [-0.4, -0.2) is 52.1 Å². The number of nitrogens with one attached hydrogen (secondary N) is 1. The molecule has 2 rings (SSSR count). The summed E-state index contributed by atoms with van der Waals surface area (Å²) in [4.78, 5) is 0.284. The third-order valence-electron chi connectivity index (χ3n) is 3.88. The number of nitrogens with two attached hydrogens (primary N) is 1. The van der Waals surface area contributed by atoms with E-state index in [0.717, 1.165) is 18.5 Å². The molecule has 1 saturated heterocycles. The first-order valence-corrected chi connectivity index (χ1v) is 8.42. The molecule has 1 heterocycles. The van der Waals surface area contributed by atoms with Crippen molar-refractivity contribution in [2.24, 2.45) is 5.73 Å². The highest BCUT2D eigenvalue weighted by Gasteiger charge is 2.31. The second kappa shape index (κ2) is 6.31. The molecule has 0 aliphatic carbocycles. The summed E-state index contributed by atoms with van der Waals surface area (Å²) >= 11 is 0. The molecule has 3 N–H and O–H groups in total. The van der Waals surface area contributed by atoms with Crippen molar-refractivity contribution in [3.63, 3.8) is 0 Å².